The Labute approximate surface area is 83.5 Å². The summed E-state index contributed by atoms with van der Waals surface area (Å²) in [5, 5.41) is 2.66. The van der Waals surface area contributed by atoms with Gasteiger partial charge in [0.15, 0.2) is 0 Å². The molecule has 0 radical (unpaired) electrons. The molecule has 2 fully saturated rings. The number of hydrogen-bond acceptors (Lipinski definition) is 3. The van der Waals surface area contributed by atoms with E-state index in [1.165, 1.54) is 4.31 Å². The number of rotatable bonds is 3. The Morgan fingerprint density at radius 2 is 2.14 bits per heavy atom. The number of nitrogens with one attached hydrogen (secondary N) is 1. The van der Waals surface area contributed by atoms with Crippen molar-refractivity contribution in [3.63, 3.8) is 0 Å². The van der Waals surface area contributed by atoms with Crippen molar-refractivity contribution in [2.45, 2.75) is 11.7 Å². The number of alkyl halides is 1. The van der Waals surface area contributed by atoms with E-state index in [0.717, 1.165) is 0 Å². The number of sulfonamides is 1. The van der Waals surface area contributed by atoms with Crippen LogP contribution in [-0.4, -0.2) is 50.8 Å². The van der Waals surface area contributed by atoms with Gasteiger partial charge in [-0.3, -0.25) is 4.39 Å². The maximum atomic E-state index is 12.3. The van der Waals surface area contributed by atoms with Crippen LogP contribution in [0.4, 0.5) is 4.39 Å². The fourth-order valence-corrected chi connectivity index (χ4v) is 3.69. The van der Waals surface area contributed by atoms with Gasteiger partial charge in [-0.15, -0.1) is 0 Å². The van der Waals surface area contributed by atoms with Gasteiger partial charge >= 0.3 is 0 Å². The molecule has 2 rings (SSSR count). The molecule has 0 aromatic heterocycles. The molecule has 0 aliphatic carbocycles. The average Bonchev–Trinajstić information content (AvgIpc) is 2.47. The van der Waals surface area contributed by atoms with Crippen LogP contribution in [0, 0.1) is 5.92 Å². The molecule has 1 N–H and O–H groups in total. The molecule has 2 heterocycles. The smallest absolute Gasteiger partial charge is 0.219 e. The van der Waals surface area contributed by atoms with Gasteiger partial charge in [-0.25, -0.2) is 12.7 Å². The van der Waals surface area contributed by atoms with Gasteiger partial charge in [0.05, 0.1) is 6.67 Å². The molecule has 6 heteroatoms. The highest BCUT2D eigenvalue weighted by atomic mass is 32.2. The van der Waals surface area contributed by atoms with Gasteiger partial charge in [0.1, 0.15) is 5.25 Å². The van der Waals surface area contributed by atoms with Gasteiger partial charge in [-0.2, -0.15) is 0 Å². The van der Waals surface area contributed by atoms with Crippen molar-refractivity contribution in [1.29, 1.82) is 0 Å². The van der Waals surface area contributed by atoms with Crippen molar-refractivity contribution in [2.24, 2.45) is 5.92 Å². The zero-order valence-electron chi connectivity index (χ0n) is 7.95. The molecule has 0 aromatic rings. The van der Waals surface area contributed by atoms with E-state index in [2.05, 4.69) is 5.32 Å². The van der Waals surface area contributed by atoms with Crippen LogP contribution >= 0.6 is 0 Å². The van der Waals surface area contributed by atoms with Crippen LogP contribution in [0.3, 0.4) is 0 Å². The van der Waals surface area contributed by atoms with E-state index in [1.807, 2.05) is 0 Å². The van der Waals surface area contributed by atoms with Crippen LogP contribution in [-0.2, 0) is 10.0 Å². The maximum Gasteiger partial charge on any atom is 0.219 e. The largest absolute Gasteiger partial charge is 0.314 e. The van der Waals surface area contributed by atoms with Crippen LogP contribution < -0.4 is 5.32 Å². The van der Waals surface area contributed by atoms with Crippen molar-refractivity contribution in [3.8, 4) is 0 Å². The lowest BCUT2D eigenvalue weighted by Crippen LogP contribution is -2.55. The standard InChI is InChI=1S/C8H15FN2O2S/c9-3-7-1-2-11(6-7)14(12,13)8-4-10-5-8/h7-8,10H,1-6H2. The summed E-state index contributed by atoms with van der Waals surface area (Å²) in [6, 6.07) is 0. The van der Waals surface area contributed by atoms with Gasteiger partial charge < -0.3 is 5.32 Å². The molecule has 2 saturated heterocycles. The van der Waals surface area contributed by atoms with Gasteiger partial charge in [0.25, 0.3) is 0 Å². The molecule has 1 unspecified atom stereocenters. The first-order valence-corrected chi connectivity index (χ1v) is 6.40. The molecule has 0 spiro atoms. The molecular formula is C8H15FN2O2S. The maximum absolute atomic E-state index is 12.3. The molecule has 2 aliphatic rings. The Morgan fingerprint density at radius 3 is 2.57 bits per heavy atom. The summed E-state index contributed by atoms with van der Waals surface area (Å²) in [5.74, 6) is -0.0854. The summed E-state index contributed by atoms with van der Waals surface area (Å²) in [6.07, 6.45) is 0.663. The third-order valence-electron chi connectivity index (χ3n) is 2.99. The van der Waals surface area contributed by atoms with Crippen molar-refractivity contribution in [2.75, 3.05) is 32.9 Å². The lowest BCUT2D eigenvalue weighted by Gasteiger charge is -2.30. The summed E-state index contributed by atoms with van der Waals surface area (Å²) in [6.45, 7) is 1.54. The molecule has 0 amide bonds. The SMILES string of the molecule is O=S(=O)(C1CNC1)N1CCC(CF)C1. The normalized spacial score (nSPS) is 30.5. The van der Waals surface area contributed by atoms with Gasteiger partial charge in [0, 0.05) is 32.1 Å². The zero-order chi connectivity index (χ0) is 10.2. The second-order valence-electron chi connectivity index (χ2n) is 3.99. The van der Waals surface area contributed by atoms with Crippen LogP contribution in [0.15, 0.2) is 0 Å². The van der Waals surface area contributed by atoms with E-state index in [-0.39, 0.29) is 11.2 Å². The van der Waals surface area contributed by atoms with E-state index < -0.39 is 16.7 Å². The Kier molecular flexibility index (Phi) is 2.77. The molecular weight excluding hydrogens is 207 g/mol. The van der Waals surface area contributed by atoms with Crippen molar-refractivity contribution >= 4 is 10.0 Å². The predicted octanol–water partition coefficient (Wildman–Crippen LogP) is -0.421. The Morgan fingerprint density at radius 1 is 1.43 bits per heavy atom. The van der Waals surface area contributed by atoms with Crippen LogP contribution in [0.25, 0.3) is 0 Å². The van der Waals surface area contributed by atoms with E-state index in [1.54, 1.807) is 0 Å². The summed E-state index contributed by atoms with van der Waals surface area (Å²) in [7, 11) is -3.14. The Balaban J connectivity index is 2.01. The first-order chi connectivity index (χ1) is 6.64. The van der Waals surface area contributed by atoms with Crippen LogP contribution in [0.2, 0.25) is 0 Å². The highest BCUT2D eigenvalue weighted by molar-refractivity contribution is 7.89. The lowest BCUT2D eigenvalue weighted by atomic mass is 10.1. The summed E-state index contributed by atoms with van der Waals surface area (Å²) in [5.41, 5.74) is 0. The minimum absolute atomic E-state index is 0.0854. The van der Waals surface area contributed by atoms with E-state index in [0.29, 0.717) is 32.6 Å². The van der Waals surface area contributed by atoms with Gasteiger partial charge in [-0.05, 0) is 6.42 Å². The quantitative estimate of drug-likeness (QED) is 0.705. The number of hydrogen-bond donors (Lipinski definition) is 1. The minimum Gasteiger partial charge on any atom is -0.314 e. The molecule has 0 aromatic carbocycles. The van der Waals surface area contributed by atoms with Gasteiger partial charge in [0.2, 0.25) is 10.0 Å². The van der Waals surface area contributed by atoms with E-state index >= 15 is 0 Å². The van der Waals surface area contributed by atoms with Crippen molar-refractivity contribution in [3.05, 3.63) is 0 Å². The zero-order valence-corrected chi connectivity index (χ0v) is 8.76. The fourth-order valence-electron chi connectivity index (χ4n) is 1.84. The molecule has 0 bridgehead atoms. The first-order valence-electron chi connectivity index (χ1n) is 4.90. The minimum atomic E-state index is -3.14. The summed E-state index contributed by atoms with van der Waals surface area (Å²) < 4.78 is 37.5. The second kappa shape index (κ2) is 3.75. The van der Waals surface area contributed by atoms with E-state index in [4.69, 9.17) is 0 Å². The number of nitrogens with zero attached hydrogens (tertiary/aromatic N) is 1. The predicted molar refractivity (Wildman–Crippen MR) is 51.2 cm³/mol. The molecule has 14 heavy (non-hydrogen) atoms. The second-order valence-corrected chi connectivity index (χ2v) is 6.21. The molecule has 0 saturated carbocycles. The third kappa shape index (κ3) is 1.66. The molecule has 1 atom stereocenters. The third-order valence-corrected chi connectivity index (χ3v) is 5.22. The van der Waals surface area contributed by atoms with Crippen molar-refractivity contribution in [1.82, 2.24) is 9.62 Å². The lowest BCUT2D eigenvalue weighted by molar-refractivity contribution is 0.362. The molecule has 2 aliphatic heterocycles. The Hall–Kier alpha value is -0.200. The van der Waals surface area contributed by atoms with E-state index in [9.17, 15) is 12.8 Å². The number of halogens is 1. The summed E-state index contributed by atoms with van der Waals surface area (Å²) >= 11 is 0. The summed E-state index contributed by atoms with van der Waals surface area (Å²) in [4.78, 5) is 0. The molecule has 82 valence electrons. The van der Waals surface area contributed by atoms with Gasteiger partial charge in [-0.1, -0.05) is 0 Å². The molecule has 4 nitrogen and oxygen atoms in total. The topological polar surface area (TPSA) is 49.4 Å². The highest BCUT2D eigenvalue weighted by Crippen LogP contribution is 2.23. The van der Waals surface area contributed by atoms with Crippen molar-refractivity contribution < 1.29 is 12.8 Å². The Bertz CT molecular complexity index is 302. The first kappa shape index (κ1) is 10.3. The highest BCUT2D eigenvalue weighted by Gasteiger charge is 2.39. The monoisotopic (exact) mass is 222 g/mol. The van der Waals surface area contributed by atoms with Crippen LogP contribution in [0.1, 0.15) is 6.42 Å². The average molecular weight is 222 g/mol. The van der Waals surface area contributed by atoms with Crippen LogP contribution in [0.5, 0.6) is 0 Å². The fraction of sp³-hybridized carbons (Fsp3) is 1.00.